The van der Waals surface area contributed by atoms with Gasteiger partial charge in [0.2, 0.25) is 5.78 Å². The number of nitro benzene ring substituents is 1. The average molecular weight is 380 g/mol. The fraction of sp³-hybridized carbons (Fsp3) is 0.238. The summed E-state index contributed by atoms with van der Waals surface area (Å²) in [6, 6.07) is 12.5. The van der Waals surface area contributed by atoms with E-state index in [0.717, 1.165) is 24.5 Å². The van der Waals surface area contributed by atoms with Crippen LogP contribution < -0.4 is 0 Å². The van der Waals surface area contributed by atoms with Gasteiger partial charge in [-0.25, -0.2) is 0 Å². The molecule has 0 aromatic heterocycles. The zero-order valence-electron chi connectivity index (χ0n) is 15.2. The van der Waals surface area contributed by atoms with Gasteiger partial charge >= 0.3 is 0 Å². The maximum Gasteiger partial charge on any atom is 0.294 e. The molecule has 0 spiro atoms. The molecule has 1 amide bonds. The summed E-state index contributed by atoms with van der Waals surface area (Å²) in [5.41, 5.74) is 0.945. The van der Waals surface area contributed by atoms with Gasteiger partial charge in [0.25, 0.3) is 11.6 Å². The highest BCUT2D eigenvalue weighted by atomic mass is 16.6. The van der Waals surface area contributed by atoms with Crippen LogP contribution >= 0.6 is 0 Å². The highest BCUT2D eigenvalue weighted by molar-refractivity contribution is 6.41. The van der Waals surface area contributed by atoms with Crippen LogP contribution in [-0.2, 0) is 16.1 Å². The zero-order chi connectivity index (χ0) is 20.1. The number of phenols is 1. The first-order valence-electron chi connectivity index (χ1n) is 8.96. The molecule has 0 atom stereocenters. The van der Waals surface area contributed by atoms with Crippen molar-refractivity contribution in [1.82, 2.24) is 4.90 Å². The summed E-state index contributed by atoms with van der Waals surface area (Å²) in [4.78, 5) is 37.1. The molecule has 28 heavy (non-hydrogen) atoms. The molecule has 1 aliphatic rings. The summed E-state index contributed by atoms with van der Waals surface area (Å²) >= 11 is 0. The Morgan fingerprint density at radius 2 is 1.82 bits per heavy atom. The number of para-hydroxylation sites is 1. The highest BCUT2D eigenvalue weighted by Crippen LogP contribution is 2.30. The van der Waals surface area contributed by atoms with Crippen LogP contribution in [0.3, 0.4) is 0 Å². The Hall–Kier alpha value is -3.48. The average Bonchev–Trinajstić information content (AvgIpc) is 3.51. The molecule has 2 aromatic carbocycles. The smallest absolute Gasteiger partial charge is 0.294 e. The second-order valence-electron chi connectivity index (χ2n) is 6.81. The molecular formula is C21H20N2O5. The van der Waals surface area contributed by atoms with Crippen molar-refractivity contribution < 1.29 is 19.6 Å². The van der Waals surface area contributed by atoms with Crippen molar-refractivity contribution in [2.24, 2.45) is 5.92 Å². The van der Waals surface area contributed by atoms with E-state index in [1.165, 1.54) is 41.3 Å². The lowest BCUT2D eigenvalue weighted by atomic mass is 10.1. The maximum absolute atomic E-state index is 12.7. The van der Waals surface area contributed by atoms with Gasteiger partial charge in [0.1, 0.15) is 5.75 Å². The van der Waals surface area contributed by atoms with Crippen LogP contribution in [0, 0.1) is 16.0 Å². The minimum Gasteiger partial charge on any atom is -0.508 e. The first-order valence-corrected chi connectivity index (χ1v) is 8.96. The molecule has 0 aliphatic heterocycles. The summed E-state index contributed by atoms with van der Waals surface area (Å²) < 4.78 is 0. The van der Waals surface area contributed by atoms with Crippen molar-refractivity contribution in [1.29, 1.82) is 0 Å². The Bertz CT molecular complexity index is 917. The Balaban J connectivity index is 1.73. The molecule has 1 N–H and O–H groups in total. The van der Waals surface area contributed by atoms with E-state index in [4.69, 9.17) is 0 Å². The number of phenolic OH excluding ortho intramolecular Hbond substituents is 1. The van der Waals surface area contributed by atoms with Gasteiger partial charge in [-0.05, 0) is 54.7 Å². The van der Waals surface area contributed by atoms with Gasteiger partial charge in [-0.1, -0.05) is 24.3 Å². The van der Waals surface area contributed by atoms with E-state index < -0.39 is 16.6 Å². The lowest BCUT2D eigenvalue weighted by Crippen LogP contribution is -2.36. The maximum atomic E-state index is 12.7. The van der Waals surface area contributed by atoms with Crippen LogP contribution in [0.1, 0.15) is 24.0 Å². The number of amides is 1. The van der Waals surface area contributed by atoms with Crippen LogP contribution in [0.15, 0.2) is 54.6 Å². The van der Waals surface area contributed by atoms with Crippen molar-refractivity contribution in [3.63, 3.8) is 0 Å². The predicted molar refractivity (Wildman–Crippen MR) is 103 cm³/mol. The third-order valence-electron chi connectivity index (χ3n) is 4.53. The third kappa shape index (κ3) is 5.03. The van der Waals surface area contributed by atoms with Crippen molar-refractivity contribution in [3.05, 3.63) is 75.8 Å². The highest BCUT2D eigenvalue weighted by Gasteiger charge is 2.29. The van der Waals surface area contributed by atoms with E-state index >= 15 is 0 Å². The van der Waals surface area contributed by atoms with Gasteiger partial charge in [0, 0.05) is 19.2 Å². The lowest BCUT2D eigenvalue weighted by molar-refractivity contribution is -0.385. The standard InChI is InChI=1S/C21H20N2O5/c24-18-10-7-16(8-11-18)14-22(13-15-5-6-15)21(26)20(25)12-9-17-3-1-2-4-19(17)23(27)28/h1-4,7-12,15,24H,5-6,13-14H2. The third-order valence-corrected chi connectivity index (χ3v) is 4.53. The van der Waals surface area contributed by atoms with E-state index in [2.05, 4.69) is 0 Å². The van der Waals surface area contributed by atoms with Gasteiger partial charge < -0.3 is 10.0 Å². The molecule has 0 unspecified atom stereocenters. The van der Waals surface area contributed by atoms with Gasteiger partial charge in [-0.2, -0.15) is 0 Å². The van der Waals surface area contributed by atoms with Crippen LogP contribution in [0.4, 0.5) is 5.69 Å². The Kier molecular flexibility index (Phi) is 5.84. The number of carbonyl (C=O) groups excluding carboxylic acids is 2. The molecule has 7 heteroatoms. The van der Waals surface area contributed by atoms with Crippen molar-refractivity contribution >= 4 is 23.5 Å². The zero-order valence-corrected chi connectivity index (χ0v) is 15.2. The monoisotopic (exact) mass is 380 g/mol. The number of hydrogen-bond donors (Lipinski definition) is 1. The normalized spacial score (nSPS) is 13.4. The largest absolute Gasteiger partial charge is 0.508 e. The topological polar surface area (TPSA) is 101 Å². The molecule has 0 heterocycles. The molecule has 2 aromatic rings. The van der Waals surface area contributed by atoms with Gasteiger partial charge in [-0.15, -0.1) is 0 Å². The second-order valence-corrected chi connectivity index (χ2v) is 6.81. The quantitative estimate of drug-likeness (QED) is 0.328. The number of nitro groups is 1. The van der Waals surface area contributed by atoms with Gasteiger partial charge in [0.15, 0.2) is 0 Å². The predicted octanol–water partition coefficient (Wildman–Crippen LogP) is 3.32. The van der Waals surface area contributed by atoms with Crippen LogP contribution in [-0.4, -0.2) is 33.2 Å². The fourth-order valence-electron chi connectivity index (χ4n) is 2.84. The number of ketones is 1. The number of benzene rings is 2. The van der Waals surface area contributed by atoms with Gasteiger partial charge in [-0.3, -0.25) is 19.7 Å². The number of aromatic hydroxyl groups is 1. The summed E-state index contributed by atoms with van der Waals surface area (Å²) in [6.45, 7) is 0.755. The number of carbonyl (C=O) groups is 2. The van der Waals surface area contributed by atoms with E-state index in [-0.39, 0.29) is 23.5 Å². The summed E-state index contributed by atoms with van der Waals surface area (Å²) in [5, 5.41) is 20.4. The second kappa shape index (κ2) is 8.47. The number of hydrogen-bond acceptors (Lipinski definition) is 5. The van der Waals surface area contributed by atoms with E-state index in [1.807, 2.05) is 0 Å². The van der Waals surface area contributed by atoms with Crippen LogP contribution in [0.2, 0.25) is 0 Å². The molecule has 0 bridgehead atoms. The molecule has 1 aliphatic carbocycles. The summed E-state index contributed by atoms with van der Waals surface area (Å²) in [6.07, 6.45) is 4.44. The molecule has 0 radical (unpaired) electrons. The summed E-state index contributed by atoms with van der Waals surface area (Å²) in [5.74, 6) is -0.840. The Morgan fingerprint density at radius 1 is 1.14 bits per heavy atom. The van der Waals surface area contributed by atoms with Crippen LogP contribution in [0.5, 0.6) is 5.75 Å². The minimum absolute atomic E-state index is 0.127. The molecule has 144 valence electrons. The van der Waals surface area contributed by atoms with Crippen molar-refractivity contribution in [3.8, 4) is 5.75 Å². The molecule has 7 nitrogen and oxygen atoms in total. The van der Waals surface area contributed by atoms with Crippen molar-refractivity contribution in [2.45, 2.75) is 19.4 Å². The number of nitrogens with zero attached hydrogens (tertiary/aromatic N) is 2. The van der Waals surface area contributed by atoms with E-state index in [9.17, 15) is 24.8 Å². The Labute approximate surface area is 162 Å². The lowest BCUT2D eigenvalue weighted by Gasteiger charge is -2.21. The SMILES string of the molecule is O=C(C=Cc1ccccc1[N+](=O)[O-])C(=O)N(Cc1ccc(O)cc1)CC1CC1. The van der Waals surface area contributed by atoms with Crippen LogP contribution in [0.25, 0.3) is 6.08 Å². The molecule has 0 saturated heterocycles. The van der Waals surface area contributed by atoms with E-state index in [1.54, 1.807) is 18.2 Å². The molecule has 1 saturated carbocycles. The first kappa shape index (κ1) is 19.3. The fourth-order valence-corrected chi connectivity index (χ4v) is 2.84. The Morgan fingerprint density at radius 3 is 2.46 bits per heavy atom. The molecule has 3 rings (SSSR count). The number of rotatable bonds is 8. The van der Waals surface area contributed by atoms with E-state index in [0.29, 0.717) is 12.5 Å². The molecular weight excluding hydrogens is 360 g/mol. The first-order chi connectivity index (χ1) is 13.4. The van der Waals surface area contributed by atoms with Gasteiger partial charge in [0.05, 0.1) is 10.5 Å². The minimum atomic E-state index is -0.724. The molecule has 1 fully saturated rings. The summed E-state index contributed by atoms with van der Waals surface area (Å²) in [7, 11) is 0. The van der Waals surface area contributed by atoms with Crippen molar-refractivity contribution in [2.75, 3.05) is 6.54 Å².